The topological polar surface area (TPSA) is 100 Å². The van der Waals surface area contributed by atoms with E-state index in [1.807, 2.05) is 11.8 Å². The minimum atomic E-state index is -0.720. The number of pyridine rings is 1. The quantitative estimate of drug-likeness (QED) is 0.367. The highest BCUT2D eigenvalue weighted by atomic mass is 19.1. The zero-order valence-corrected chi connectivity index (χ0v) is 17.7. The van der Waals surface area contributed by atoms with Crippen molar-refractivity contribution in [1.29, 1.82) is 0 Å². The summed E-state index contributed by atoms with van der Waals surface area (Å²) in [4.78, 5) is 26.5. The molecule has 0 bridgehead atoms. The van der Waals surface area contributed by atoms with E-state index >= 15 is 0 Å². The zero-order chi connectivity index (χ0) is 22.8. The monoisotopic (exact) mass is 443 g/mol. The number of nitrogens with zero attached hydrogens (tertiary/aromatic N) is 7. The molecule has 11 heteroatoms. The summed E-state index contributed by atoms with van der Waals surface area (Å²) in [5.74, 6) is -1.79. The van der Waals surface area contributed by atoms with Crippen LogP contribution < -0.4 is 4.90 Å². The molecule has 0 saturated carbocycles. The zero-order valence-electron chi connectivity index (χ0n) is 17.7. The van der Waals surface area contributed by atoms with E-state index in [0.29, 0.717) is 42.6 Å². The summed E-state index contributed by atoms with van der Waals surface area (Å²) >= 11 is 0. The van der Waals surface area contributed by atoms with Gasteiger partial charge in [-0.2, -0.15) is 9.49 Å². The minimum Gasteiger partial charge on any atom is -0.341 e. The van der Waals surface area contributed by atoms with Crippen LogP contribution in [-0.2, 0) is 18.4 Å². The summed E-state index contributed by atoms with van der Waals surface area (Å²) in [6, 6.07) is 3.01. The predicted molar refractivity (Wildman–Crippen MR) is 110 cm³/mol. The smallest absolute Gasteiger partial charge is 0.249 e. The van der Waals surface area contributed by atoms with Crippen molar-refractivity contribution in [3.8, 4) is 11.4 Å². The molecule has 1 N–H and O–H groups in total. The van der Waals surface area contributed by atoms with Crippen LogP contribution >= 0.6 is 0 Å². The lowest BCUT2D eigenvalue weighted by molar-refractivity contribution is -0.173. The number of hydrogen-bond donors (Lipinski definition) is 1. The molecule has 0 radical (unpaired) electrons. The molecule has 1 saturated heterocycles. The number of aryl methyl sites for hydroxylation is 2. The Morgan fingerprint density at radius 3 is 2.66 bits per heavy atom. The van der Waals surface area contributed by atoms with Crippen LogP contribution in [0.15, 0.2) is 30.7 Å². The Hall–Kier alpha value is -3.47. The van der Waals surface area contributed by atoms with Gasteiger partial charge in [0.1, 0.15) is 5.69 Å². The van der Waals surface area contributed by atoms with Gasteiger partial charge < -0.3 is 4.90 Å². The molecule has 3 aromatic rings. The minimum absolute atomic E-state index is 0.137. The van der Waals surface area contributed by atoms with Crippen molar-refractivity contribution >= 4 is 11.9 Å². The predicted octanol–water partition coefficient (Wildman–Crippen LogP) is 2.49. The van der Waals surface area contributed by atoms with Crippen molar-refractivity contribution in [2.24, 2.45) is 13.0 Å². The van der Waals surface area contributed by atoms with Gasteiger partial charge in [-0.1, -0.05) is 6.07 Å². The molecule has 1 fully saturated rings. The van der Waals surface area contributed by atoms with Crippen molar-refractivity contribution in [3.05, 3.63) is 53.6 Å². The lowest BCUT2D eigenvalue weighted by Crippen LogP contribution is -2.42. The van der Waals surface area contributed by atoms with Gasteiger partial charge in [0, 0.05) is 37.8 Å². The Labute approximate surface area is 183 Å². The van der Waals surface area contributed by atoms with Gasteiger partial charge >= 0.3 is 0 Å². The largest absolute Gasteiger partial charge is 0.341 e. The van der Waals surface area contributed by atoms with E-state index in [1.165, 1.54) is 12.3 Å². The van der Waals surface area contributed by atoms with Crippen LogP contribution in [-0.4, -0.2) is 54.0 Å². The van der Waals surface area contributed by atoms with Crippen LogP contribution in [0.2, 0.25) is 0 Å². The van der Waals surface area contributed by atoms with Crippen molar-refractivity contribution in [1.82, 2.24) is 29.8 Å². The van der Waals surface area contributed by atoms with Gasteiger partial charge in [0.05, 0.1) is 24.6 Å². The molecule has 1 aliphatic heterocycles. The Kier molecular flexibility index (Phi) is 6.08. The number of halogens is 2. The Morgan fingerprint density at radius 2 is 2.00 bits per heavy atom. The molecule has 0 aromatic carbocycles. The van der Waals surface area contributed by atoms with Crippen LogP contribution in [0.5, 0.6) is 0 Å². The highest BCUT2D eigenvalue weighted by Crippen LogP contribution is 2.27. The molecule has 0 spiro atoms. The molecule has 1 aliphatic rings. The second-order valence-electron chi connectivity index (χ2n) is 7.78. The van der Waals surface area contributed by atoms with Gasteiger partial charge in [-0.25, -0.2) is 24.4 Å². The Balaban J connectivity index is 1.42. The van der Waals surface area contributed by atoms with E-state index in [2.05, 4.69) is 20.1 Å². The summed E-state index contributed by atoms with van der Waals surface area (Å²) in [5.41, 5.74) is 1.69. The van der Waals surface area contributed by atoms with Gasteiger partial charge in [-0.05, 0) is 31.4 Å². The summed E-state index contributed by atoms with van der Waals surface area (Å²) in [5, 5.41) is 14.8. The van der Waals surface area contributed by atoms with E-state index in [0.717, 1.165) is 11.8 Å². The molecule has 4 heterocycles. The molecule has 32 heavy (non-hydrogen) atoms. The number of carbonyl (C=O) groups excluding carboxylic acids is 1. The summed E-state index contributed by atoms with van der Waals surface area (Å²) < 4.78 is 29.7. The number of anilines is 1. The maximum atomic E-state index is 14.4. The highest BCUT2D eigenvalue weighted by Gasteiger charge is 2.30. The average molecular weight is 443 g/mol. The molecule has 0 unspecified atom stereocenters. The molecule has 168 valence electrons. The number of hydroxylamine groups is 2. The number of hydrogen-bond acceptors (Lipinski definition) is 7. The molecule has 0 aliphatic carbocycles. The average Bonchev–Trinajstić information content (AvgIpc) is 3.13. The fourth-order valence-corrected chi connectivity index (χ4v) is 3.88. The van der Waals surface area contributed by atoms with Crippen molar-refractivity contribution < 1.29 is 18.8 Å². The SMILES string of the molecule is Cc1cnn(C)c1-c1nc(N2CCC(C(=O)N(O)Cc3cccnc3F)CC2)ncc1F. The standard InChI is InChI=1S/C21H23F2N7O2/c1-13-10-26-28(2)18(13)17-16(22)11-25-21(27-17)29-8-5-14(6-9-29)20(31)30(32)12-15-4-3-7-24-19(15)23/h3-4,7,10-11,14,32H,5-6,8-9,12H2,1-2H3. The third kappa shape index (κ3) is 4.28. The molecule has 4 rings (SSSR count). The van der Waals surface area contributed by atoms with E-state index in [1.54, 1.807) is 24.0 Å². The van der Waals surface area contributed by atoms with Crippen LogP contribution in [0, 0.1) is 24.6 Å². The van der Waals surface area contributed by atoms with Crippen molar-refractivity contribution in [2.75, 3.05) is 18.0 Å². The molecule has 3 aromatic heterocycles. The van der Waals surface area contributed by atoms with Gasteiger partial charge in [0.2, 0.25) is 17.8 Å². The molecular formula is C21H23F2N7O2. The van der Waals surface area contributed by atoms with E-state index < -0.39 is 23.6 Å². The number of piperidine rings is 1. The fraction of sp³-hybridized carbons (Fsp3) is 0.381. The third-order valence-corrected chi connectivity index (χ3v) is 5.62. The van der Waals surface area contributed by atoms with Gasteiger partial charge in [0.25, 0.3) is 0 Å². The van der Waals surface area contributed by atoms with E-state index in [9.17, 15) is 18.8 Å². The summed E-state index contributed by atoms with van der Waals surface area (Å²) in [6.07, 6.45) is 4.99. The number of carbonyl (C=O) groups is 1. The number of rotatable bonds is 5. The first-order valence-electron chi connectivity index (χ1n) is 10.2. The Bertz CT molecular complexity index is 1110. The molecule has 9 nitrogen and oxygen atoms in total. The lowest BCUT2D eigenvalue weighted by Gasteiger charge is -2.32. The Morgan fingerprint density at radius 1 is 1.25 bits per heavy atom. The number of amides is 1. The molecular weight excluding hydrogens is 420 g/mol. The maximum absolute atomic E-state index is 14.4. The van der Waals surface area contributed by atoms with Crippen LogP contribution in [0.25, 0.3) is 11.4 Å². The lowest BCUT2D eigenvalue weighted by atomic mass is 9.96. The molecule has 1 amide bonds. The first-order chi connectivity index (χ1) is 15.3. The van der Waals surface area contributed by atoms with Gasteiger partial charge in [-0.15, -0.1) is 0 Å². The van der Waals surface area contributed by atoms with Crippen molar-refractivity contribution in [3.63, 3.8) is 0 Å². The first kappa shape index (κ1) is 21.8. The van der Waals surface area contributed by atoms with Gasteiger partial charge in [0.15, 0.2) is 5.82 Å². The number of aromatic nitrogens is 5. The summed E-state index contributed by atoms with van der Waals surface area (Å²) in [7, 11) is 1.72. The van der Waals surface area contributed by atoms with E-state index in [4.69, 9.17) is 0 Å². The summed E-state index contributed by atoms with van der Waals surface area (Å²) in [6.45, 7) is 2.48. The van der Waals surface area contributed by atoms with Crippen molar-refractivity contribution in [2.45, 2.75) is 26.3 Å². The van der Waals surface area contributed by atoms with Crippen LogP contribution in [0.4, 0.5) is 14.7 Å². The highest BCUT2D eigenvalue weighted by molar-refractivity contribution is 5.78. The maximum Gasteiger partial charge on any atom is 0.249 e. The third-order valence-electron chi connectivity index (χ3n) is 5.62. The fourth-order valence-electron chi connectivity index (χ4n) is 3.88. The van der Waals surface area contributed by atoms with Crippen LogP contribution in [0.1, 0.15) is 24.0 Å². The van der Waals surface area contributed by atoms with E-state index in [-0.39, 0.29) is 17.8 Å². The van der Waals surface area contributed by atoms with Gasteiger partial charge in [-0.3, -0.25) is 14.7 Å². The second-order valence-corrected chi connectivity index (χ2v) is 7.78. The molecule has 0 atom stereocenters. The second kappa shape index (κ2) is 8.95. The first-order valence-corrected chi connectivity index (χ1v) is 10.2. The van der Waals surface area contributed by atoms with Crippen LogP contribution in [0.3, 0.4) is 0 Å². The normalized spacial score (nSPS) is 14.6.